The molecule has 1 saturated heterocycles. The first-order chi connectivity index (χ1) is 9.24. The van der Waals surface area contributed by atoms with Crippen molar-refractivity contribution in [2.45, 2.75) is 25.8 Å². The van der Waals surface area contributed by atoms with E-state index in [9.17, 15) is 0 Å². The Labute approximate surface area is 113 Å². The van der Waals surface area contributed by atoms with Crippen molar-refractivity contribution in [3.8, 4) is 0 Å². The average Bonchev–Trinajstić information content (AvgIpc) is 2.82. The highest BCUT2D eigenvalue weighted by molar-refractivity contribution is 5.40. The molecule has 0 aliphatic carbocycles. The van der Waals surface area contributed by atoms with Crippen LogP contribution in [0.15, 0.2) is 18.3 Å². The molecule has 3 heterocycles. The molecule has 0 aromatic carbocycles. The van der Waals surface area contributed by atoms with Crippen LogP contribution in [0.2, 0.25) is 0 Å². The molecule has 1 aliphatic heterocycles. The lowest BCUT2D eigenvalue weighted by molar-refractivity contribution is 0.217. The minimum atomic E-state index is 0.549. The molecular formula is C14H21N5. The highest BCUT2D eigenvalue weighted by Gasteiger charge is 2.18. The predicted octanol–water partition coefficient (Wildman–Crippen LogP) is 1.07. The summed E-state index contributed by atoms with van der Waals surface area (Å²) in [6.45, 7) is 2.93. The van der Waals surface area contributed by atoms with Crippen LogP contribution in [0.1, 0.15) is 24.2 Å². The summed E-state index contributed by atoms with van der Waals surface area (Å²) in [4.78, 5) is 7.01. The van der Waals surface area contributed by atoms with Gasteiger partial charge in [-0.1, -0.05) is 0 Å². The third-order valence-corrected chi connectivity index (χ3v) is 3.99. The Bertz CT molecular complexity index is 554. The fraction of sp³-hybridized carbons (Fsp3) is 0.571. The Balaban J connectivity index is 1.74. The lowest BCUT2D eigenvalue weighted by atomic mass is 9.94. The van der Waals surface area contributed by atoms with Crippen molar-refractivity contribution in [3.63, 3.8) is 0 Å². The van der Waals surface area contributed by atoms with Crippen LogP contribution >= 0.6 is 0 Å². The number of aromatic nitrogens is 3. The SMILES string of the molecule is CN1CCC(Cc2nc3cc(CN)ccn3n2)CC1. The van der Waals surface area contributed by atoms with Gasteiger partial charge in [-0.15, -0.1) is 0 Å². The Kier molecular flexibility index (Phi) is 3.48. The predicted molar refractivity (Wildman–Crippen MR) is 74.8 cm³/mol. The number of piperidine rings is 1. The average molecular weight is 259 g/mol. The second kappa shape index (κ2) is 5.27. The van der Waals surface area contributed by atoms with E-state index in [1.54, 1.807) is 0 Å². The monoisotopic (exact) mass is 259 g/mol. The lowest BCUT2D eigenvalue weighted by Gasteiger charge is -2.28. The van der Waals surface area contributed by atoms with E-state index in [1.807, 2.05) is 22.8 Å². The molecule has 0 amide bonds. The largest absolute Gasteiger partial charge is 0.326 e. The Hall–Kier alpha value is -1.46. The van der Waals surface area contributed by atoms with Gasteiger partial charge in [0.05, 0.1) is 0 Å². The molecule has 0 saturated carbocycles. The summed E-state index contributed by atoms with van der Waals surface area (Å²) in [5.74, 6) is 1.69. The fourth-order valence-electron chi connectivity index (χ4n) is 2.71. The Morgan fingerprint density at radius 2 is 2.16 bits per heavy atom. The van der Waals surface area contributed by atoms with Crippen LogP contribution in [0.4, 0.5) is 0 Å². The van der Waals surface area contributed by atoms with Gasteiger partial charge in [0.1, 0.15) is 0 Å². The minimum Gasteiger partial charge on any atom is -0.326 e. The quantitative estimate of drug-likeness (QED) is 0.896. The second-order valence-corrected chi connectivity index (χ2v) is 5.52. The molecule has 19 heavy (non-hydrogen) atoms. The molecule has 5 nitrogen and oxygen atoms in total. The highest BCUT2D eigenvalue weighted by Crippen LogP contribution is 2.19. The number of fused-ring (bicyclic) bond motifs is 1. The first kappa shape index (κ1) is 12.6. The van der Waals surface area contributed by atoms with Crippen molar-refractivity contribution in [1.29, 1.82) is 0 Å². The maximum atomic E-state index is 5.65. The molecule has 0 radical (unpaired) electrons. The molecule has 5 heteroatoms. The molecule has 0 bridgehead atoms. The highest BCUT2D eigenvalue weighted by atomic mass is 15.3. The molecular weight excluding hydrogens is 238 g/mol. The molecule has 2 N–H and O–H groups in total. The van der Waals surface area contributed by atoms with E-state index >= 15 is 0 Å². The van der Waals surface area contributed by atoms with E-state index < -0.39 is 0 Å². The minimum absolute atomic E-state index is 0.549. The molecule has 1 fully saturated rings. The van der Waals surface area contributed by atoms with E-state index in [0.29, 0.717) is 6.54 Å². The number of pyridine rings is 1. The summed E-state index contributed by atoms with van der Waals surface area (Å²) in [6.07, 6.45) is 5.44. The van der Waals surface area contributed by atoms with E-state index in [2.05, 4.69) is 22.0 Å². The van der Waals surface area contributed by atoms with Gasteiger partial charge >= 0.3 is 0 Å². The van der Waals surface area contributed by atoms with Crippen molar-refractivity contribution in [3.05, 3.63) is 29.7 Å². The van der Waals surface area contributed by atoms with E-state index in [-0.39, 0.29) is 0 Å². The van der Waals surface area contributed by atoms with Gasteiger partial charge in [-0.2, -0.15) is 5.10 Å². The molecule has 0 atom stereocenters. The van der Waals surface area contributed by atoms with Gasteiger partial charge in [-0.25, -0.2) is 9.50 Å². The molecule has 2 aromatic rings. The third-order valence-electron chi connectivity index (χ3n) is 3.99. The standard InChI is InChI=1S/C14H21N5/c1-18-5-2-11(3-6-18)8-13-16-14-9-12(10-15)4-7-19(14)17-13/h4,7,9,11H,2-3,5-6,8,10,15H2,1H3. The molecule has 3 rings (SSSR count). The van der Waals surface area contributed by atoms with Crippen LogP contribution < -0.4 is 5.73 Å². The van der Waals surface area contributed by atoms with E-state index in [4.69, 9.17) is 5.73 Å². The van der Waals surface area contributed by atoms with E-state index in [1.165, 1.54) is 25.9 Å². The normalized spacial score (nSPS) is 18.2. The Morgan fingerprint density at radius 1 is 1.37 bits per heavy atom. The van der Waals surface area contributed by atoms with Crippen LogP contribution in [-0.4, -0.2) is 39.6 Å². The van der Waals surface area contributed by atoms with Gasteiger partial charge in [0.25, 0.3) is 0 Å². The zero-order chi connectivity index (χ0) is 13.2. The van der Waals surface area contributed by atoms with E-state index in [0.717, 1.165) is 29.4 Å². The summed E-state index contributed by atoms with van der Waals surface area (Å²) >= 11 is 0. The lowest BCUT2D eigenvalue weighted by Crippen LogP contribution is -2.31. The molecule has 1 aliphatic rings. The van der Waals surface area contributed by atoms with Gasteiger partial charge < -0.3 is 10.6 Å². The first-order valence-corrected chi connectivity index (χ1v) is 6.97. The van der Waals surface area contributed by atoms with Crippen LogP contribution in [0, 0.1) is 5.92 Å². The molecule has 102 valence electrons. The van der Waals surface area contributed by atoms with Crippen molar-refractivity contribution in [2.24, 2.45) is 11.7 Å². The summed E-state index contributed by atoms with van der Waals surface area (Å²) in [5.41, 5.74) is 7.66. The fourth-order valence-corrected chi connectivity index (χ4v) is 2.71. The van der Waals surface area contributed by atoms with Gasteiger partial charge in [0.15, 0.2) is 11.5 Å². The summed E-state index contributed by atoms with van der Waals surface area (Å²) in [5, 5.41) is 4.55. The second-order valence-electron chi connectivity index (χ2n) is 5.52. The van der Waals surface area contributed by atoms with Gasteiger partial charge in [0, 0.05) is 19.2 Å². The van der Waals surface area contributed by atoms with Crippen LogP contribution in [0.3, 0.4) is 0 Å². The van der Waals surface area contributed by atoms with Crippen molar-refractivity contribution in [2.75, 3.05) is 20.1 Å². The van der Waals surface area contributed by atoms with Crippen LogP contribution in [0.25, 0.3) is 5.65 Å². The Morgan fingerprint density at radius 3 is 2.89 bits per heavy atom. The topological polar surface area (TPSA) is 59.5 Å². The number of hydrogen-bond acceptors (Lipinski definition) is 4. The van der Waals surface area contributed by atoms with Gasteiger partial charge in [0.2, 0.25) is 0 Å². The number of nitrogens with two attached hydrogens (primary N) is 1. The van der Waals surface area contributed by atoms with Gasteiger partial charge in [-0.3, -0.25) is 0 Å². The smallest absolute Gasteiger partial charge is 0.155 e. The summed E-state index contributed by atoms with van der Waals surface area (Å²) in [6, 6.07) is 4.02. The molecule has 0 spiro atoms. The molecule has 0 unspecified atom stereocenters. The number of nitrogens with zero attached hydrogens (tertiary/aromatic N) is 4. The summed E-state index contributed by atoms with van der Waals surface area (Å²) < 4.78 is 1.85. The van der Waals surface area contributed by atoms with Crippen LogP contribution in [0.5, 0.6) is 0 Å². The number of rotatable bonds is 3. The maximum Gasteiger partial charge on any atom is 0.155 e. The zero-order valence-corrected chi connectivity index (χ0v) is 11.4. The summed E-state index contributed by atoms with van der Waals surface area (Å²) in [7, 11) is 2.19. The van der Waals surface area contributed by atoms with Gasteiger partial charge in [-0.05, 0) is 56.6 Å². The zero-order valence-electron chi connectivity index (χ0n) is 11.4. The third kappa shape index (κ3) is 2.77. The van der Waals surface area contributed by atoms with Crippen molar-refractivity contribution in [1.82, 2.24) is 19.5 Å². The van der Waals surface area contributed by atoms with Crippen molar-refractivity contribution < 1.29 is 0 Å². The van der Waals surface area contributed by atoms with Crippen molar-refractivity contribution >= 4 is 5.65 Å². The number of likely N-dealkylation sites (tertiary alicyclic amines) is 1. The number of hydrogen-bond donors (Lipinski definition) is 1. The molecule has 2 aromatic heterocycles. The first-order valence-electron chi connectivity index (χ1n) is 6.97. The maximum absolute atomic E-state index is 5.65. The van der Waals surface area contributed by atoms with Crippen LogP contribution in [-0.2, 0) is 13.0 Å².